The van der Waals surface area contributed by atoms with E-state index in [9.17, 15) is 9.90 Å². The number of pyridine rings is 1. The predicted molar refractivity (Wildman–Crippen MR) is 112 cm³/mol. The quantitative estimate of drug-likeness (QED) is 0.618. The van der Waals surface area contributed by atoms with Crippen LogP contribution in [-0.2, 0) is 4.79 Å². The lowest BCUT2D eigenvalue weighted by atomic mass is 9.82. The summed E-state index contributed by atoms with van der Waals surface area (Å²) < 4.78 is 17.1. The van der Waals surface area contributed by atoms with Crippen molar-refractivity contribution in [1.82, 2.24) is 4.98 Å². The summed E-state index contributed by atoms with van der Waals surface area (Å²) in [6.07, 6.45) is 5.91. The van der Waals surface area contributed by atoms with Gasteiger partial charge in [-0.25, -0.2) is 4.98 Å². The van der Waals surface area contributed by atoms with E-state index in [1.807, 2.05) is 31.2 Å². The van der Waals surface area contributed by atoms with Crippen molar-refractivity contribution in [2.45, 2.75) is 44.6 Å². The molecule has 1 heterocycles. The Labute approximate surface area is 177 Å². The molecule has 2 atom stereocenters. The zero-order valence-electron chi connectivity index (χ0n) is 17.5. The highest BCUT2D eigenvalue weighted by molar-refractivity contribution is 5.71. The summed E-state index contributed by atoms with van der Waals surface area (Å²) in [7, 11) is 1.63. The fourth-order valence-electron chi connectivity index (χ4n) is 4.26. The van der Waals surface area contributed by atoms with Crippen LogP contribution in [0, 0.1) is 17.8 Å². The minimum absolute atomic E-state index is 0.0582. The Kier molecular flexibility index (Phi) is 6.11. The molecule has 160 valence electrons. The number of ether oxygens (including phenoxy) is 3. The Morgan fingerprint density at radius 2 is 2.00 bits per heavy atom. The summed E-state index contributed by atoms with van der Waals surface area (Å²) in [4.78, 5) is 15.8. The summed E-state index contributed by atoms with van der Waals surface area (Å²) in [5.74, 6) is 2.00. The number of rotatable bonds is 10. The number of benzene rings is 1. The van der Waals surface area contributed by atoms with Crippen LogP contribution in [0.2, 0.25) is 0 Å². The van der Waals surface area contributed by atoms with E-state index in [0.717, 1.165) is 42.7 Å². The average Bonchev–Trinajstić information content (AvgIpc) is 3.55. The number of nitrogens with zero attached hydrogens (tertiary/aromatic N) is 1. The van der Waals surface area contributed by atoms with Gasteiger partial charge in [-0.3, -0.25) is 4.79 Å². The van der Waals surface area contributed by atoms with Crippen molar-refractivity contribution in [1.29, 1.82) is 0 Å². The molecule has 4 rings (SSSR count). The van der Waals surface area contributed by atoms with Gasteiger partial charge in [-0.15, -0.1) is 0 Å². The van der Waals surface area contributed by atoms with E-state index in [-0.39, 0.29) is 17.9 Å². The van der Waals surface area contributed by atoms with E-state index in [1.165, 1.54) is 0 Å². The molecule has 0 radical (unpaired) electrons. The van der Waals surface area contributed by atoms with Crippen molar-refractivity contribution >= 4 is 5.97 Å². The predicted octanol–water partition coefficient (Wildman–Crippen LogP) is 4.54. The Morgan fingerprint density at radius 1 is 1.20 bits per heavy atom. The van der Waals surface area contributed by atoms with Gasteiger partial charge in [0.15, 0.2) is 0 Å². The standard InChI is InChI=1S/C24H29NO5/c1-15(24(26)27)23(17-6-7-17)18-4-3-5-20(12-18)29-14-16-10-21(11-16)30-22-13-19(28-2)8-9-25-22/h3-5,8-9,12-13,15-17,21,23H,6-7,10-11,14H2,1-2H3,(H,26,27)/t15-,16?,21?,23?/m0/s1. The molecule has 30 heavy (non-hydrogen) atoms. The highest BCUT2D eigenvalue weighted by Gasteiger charge is 2.38. The topological polar surface area (TPSA) is 77.9 Å². The van der Waals surface area contributed by atoms with E-state index < -0.39 is 5.97 Å². The minimum atomic E-state index is -0.732. The third kappa shape index (κ3) is 4.86. The minimum Gasteiger partial charge on any atom is -0.497 e. The van der Waals surface area contributed by atoms with Gasteiger partial charge in [0.25, 0.3) is 0 Å². The maximum absolute atomic E-state index is 11.5. The molecule has 0 bridgehead atoms. The number of hydrogen-bond acceptors (Lipinski definition) is 5. The first kappa shape index (κ1) is 20.5. The zero-order chi connectivity index (χ0) is 21.1. The first-order chi connectivity index (χ1) is 14.5. The highest BCUT2D eigenvalue weighted by Crippen LogP contribution is 2.47. The van der Waals surface area contributed by atoms with Crippen LogP contribution in [0.25, 0.3) is 0 Å². The van der Waals surface area contributed by atoms with Crippen LogP contribution >= 0.6 is 0 Å². The summed E-state index contributed by atoms with van der Waals surface area (Å²) in [5, 5.41) is 9.48. The van der Waals surface area contributed by atoms with Gasteiger partial charge in [0.2, 0.25) is 5.88 Å². The van der Waals surface area contributed by atoms with Gasteiger partial charge >= 0.3 is 5.97 Å². The van der Waals surface area contributed by atoms with Gasteiger partial charge in [-0.05, 0) is 67.2 Å². The van der Waals surface area contributed by atoms with Crippen molar-refractivity contribution < 1.29 is 24.1 Å². The SMILES string of the molecule is COc1ccnc(OC2CC(COc3cccc(C(C4CC4)[C@H](C)C(=O)O)c3)C2)c1. The number of carbonyl (C=O) groups is 1. The van der Waals surface area contributed by atoms with Crippen LogP contribution in [-0.4, -0.2) is 35.9 Å². The summed E-state index contributed by atoms with van der Waals surface area (Å²) in [5.41, 5.74) is 1.07. The zero-order valence-corrected chi connectivity index (χ0v) is 17.5. The molecule has 1 aromatic heterocycles. The molecule has 0 amide bonds. The van der Waals surface area contributed by atoms with Crippen molar-refractivity contribution in [2.75, 3.05) is 13.7 Å². The molecule has 2 aliphatic rings. The molecule has 6 nitrogen and oxygen atoms in total. The molecule has 1 N–H and O–H groups in total. The van der Waals surface area contributed by atoms with Gasteiger partial charge in [0.1, 0.15) is 17.6 Å². The van der Waals surface area contributed by atoms with Crippen LogP contribution in [0.3, 0.4) is 0 Å². The third-order valence-electron chi connectivity index (χ3n) is 6.21. The second-order valence-corrected chi connectivity index (χ2v) is 8.48. The van der Waals surface area contributed by atoms with E-state index in [0.29, 0.717) is 24.3 Å². The average molecular weight is 411 g/mol. The van der Waals surface area contributed by atoms with Gasteiger partial charge in [-0.2, -0.15) is 0 Å². The molecule has 6 heteroatoms. The summed E-state index contributed by atoms with van der Waals surface area (Å²) in [6, 6.07) is 11.6. The van der Waals surface area contributed by atoms with Gasteiger partial charge < -0.3 is 19.3 Å². The Hall–Kier alpha value is -2.76. The van der Waals surface area contributed by atoms with Crippen LogP contribution in [0.1, 0.15) is 44.1 Å². The van der Waals surface area contributed by atoms with Crippen LogP contribution in [0.15, 0.2) is 42.6 Å². The van der Waals surface area contributed by atoms with E-state index in [2.05, 4.69) is 4.98 Å². The van der Waals surface area contributed by atoms with Crippen molar-refractivity contribution in [3.8, 4) is 17.4 Å². The molecule has 1 unspecified atom stereocenters. The molecule has 2 fully saturated rings. The molecule has 2 aliphatic carbocycles. The number of carboxylic acids is 1. The smallest absolute Gasteiger partial charge is 0.306 e. The van der Waals surface area contributed by atoms with Crippen molar-refractivity contribution in [2.24, 2.45) is 17.8 Å². The third-order valence-corrected chi connectivity index (χ3v) is 6.21. The molecule has 2 saturated carbocycles. The first-order valence-electron chi connectivity index (χ1n) is 10.7. The van der Waals surface area contributed by atoms with Crippen molar-refractivity contribution in [3.63, 3.8) is 0 Å². The fraction of sp³-hybridized carbons (Fsp3) is 0.500. The van der Waals surface area contributed by atoms with E-state index in [4.69, 9.17) is 14.2 Å². The molecule has 0 spiro atoms. The normalized spacial score (nSPS) is 22.5. The Bertz CT molecular complexity index is 875. The Morgan fingerprint density at radius 3 is 2.70 bits per heavy atom. The fourth-order valence-corrected chi connectivity index (χ4v) is 4.26. The van der Waals surface area contributed by atoms with E-state index in [1.54, 1.807) is 25.4 Å². The molecule has 1 aromatic carbocycles. The lowest BCUT2D eigenvalue weighted by Crippen LogP contribution is -2.37. The second kappa shape index (κ2) is 8.94. The van der Waals surface area contributed by atoms with Crippen LogP contribution in [0.4, 0.5) is 0 Å². The lowest BCUT2D eigenvalue weighted by Gasteiger charge is -2.34. The molecular weight excluding hydrogens is 382 g/mol. The van der Waals surface area contributed by atoms with Gasteiger partial charge in [0.05, 0.1) is 19.6 Å². The van der Waals surface area contributed by atoms with E-state index >= 15 is 0 Å². The molecule has 0 saturated heterocycles. The highest BCUT2D eigenvalue weighted by atomic mass is 16.5. The maximum Gasteiger partial charge on any atom is 0.306 e. The molecular formula is C24H29NO5. The number of hydrogen-bond donors (Lipinski definition) is 1. The lowest BCUT2D eigenvalue weighted by molar-refractivity contribution is -0.142. The van der Waals surface area contributed by atoms with Crippen molar-refractivity contribution in [3.05, 3.63) is 48.2 Å². The van der Waals surface area contributed by atoms with Gasteiger partial charge in [0, 0.05) is 12.3 Å². The number of aliphatic carboxylic acids is 1. The second-order valence-electron chi connectivity index (χ2n) is 8.48. The maximum atomic E-state index is 11.5. The molecule has 2 aromatic rings. The summed E-state index contributed by atoms with van der Waals surface area (Å²) in [6.45, 7) is 2.45. The largest absolute Gasteiger partial charge is 0.497 e. The number of aromatic nitrogens is 1. The monoisotopic (exact) mass is 411 g/mol. The van der Waals surface area contributed by atoms with Gasteiger partial charge in [-0.1, -0.05) is 19.1 Å². The van der Waals surface area contributed by atoms with Crippen LogP contribution < -0.4 is 14.2 Å². The Balaban J connectivity index is 1.28. The summed E-state index contributed by atoms with van der Waals surface area (Å²) >= 11 is 0. The number of carboxylic acid groups (broad SMARTS) is 1. The van der Waals surface area contributed by atoms with Crippen LogP contribution in [0.5, 0.6) is 17.4 Å². The number of methoxy groups -OCH3 is 1. The first-order valence-corrected chi connectivity index (χ1v) is 10.7. The molecule has 0 aliphatic heterocycles.